The Balaban J connectivity index is 2.02. The average Bonchev–Trinajstić information content (AvgIpc) is 2.76. The van der Waals surface area contributed by atoms with Crippen LogP contribution in [0.1, 0.15) is 43.6 Å². The summed E-state index contributed by atoms with van der Waals surface area (Å²) in [5, 5.41) is 7.19. The molecule has 1 aromatic carbocycles. The zero-order chi connectivity index (χ0) is 12.4. The van der Waals surface area contributed by atoms with Gasteiger partial charge in [-0.3, -0.25) is 0 Å². The second-order valence-corrected chi connectivity index (χ2v) is 6.24. The van der Waals surface area contributed by atoms with E-state index in [1.807, 2.05) is 11.3 Å². The van der Waals surface area contributed by atoms with Crippen molar-refractivity contribution in [2.75, 3.05) is 7.05 Å². The van der Waals surface area contributed by atoms with Crippen LogP contribution >= 0.6 is 11.3 Å². The first-order valence-corrected chi connectivity index (χ1v) is 7.91. The summed E-state index contributed by atoms with van der Waals surface area (Å²) >= 11 is 1.90. The minimum absolute atomic E-state index is 0.653. The van der Waals surface area contributed by atoms with Gasteiger partial charge in [0, 0.05) is 16.7 Å². The summed E-state index contributed by atoms with van der Waals surface area (Å²) in [6, 6.07) is 9.70. The minimum atomic E-state index is 0.653. The Morgan fingerprint density at radius 2 is 2.00 bits per heavy atom. The molecule has 2 atom stereocenters. The Hall–Kier alpha value is -0.860. The number of nitrogens with one attached hydrogen (secondary N) is 1. The molecule has 0 saturated heterocycles. The lowest BCUT2D eigenvalue weighted by atomic mass is 9.87. The third-order valence-electron chi connectivity index (χ3n) is 4.30. The third kappa shape index (κ3) is 2.19. The highest BCUT2D eigenvalue weighted by Gasteiger charge is 2.25. The van der Waals surface area contributed by atoms with Gasteiger partial charge in [0.2, 0.25) is 0 Å². The van der Waals surface area contributed by atoms with Gasteiger partial charge in [-0.15, -0.1) is 11.3 Å². The predicted octanol–water partition coefficient (Wildman–Crippen LogP) is 4.54. The van der Waals surface area contributed by atoms with Gasteiger partial charge in [0.25, 0.3) is 0 Å². The molecule has 1 nitrogen and oxygen atoms in total. The first-order valence-electron chi connectivity index (χ1n) is 7.03. The molecule has 2 heteroatoms. The van der Waals surface area contributed by atoms with Gasteiger partial charge in [-0.1, -0.05) is 37.5 Å². The summed E-state index contributed by atoms with van der Waals surface area (Å²) < 4.78 is 1.50. The minimum Gasteiger partial charge on any atom is -0.316 e. The number of fused-ring (bicyclic) bond motifs is 1. The molecule has 1 aliphatic carbocycles. The van der Waals surface area contributed by atoms with Crippen molar-refractivity contribution in [1.82, 2.24) is 5.32 Å². The van der Waals surface area contributed by atoms with Crippen LogP contribution in [0, 0.1) is 0 Å². The van der Waals surface area contributed by atoms with Crippen LogP contribution in [0.5, 0.6) is 0 Å². The van der Waals surface area contributed by atoms with E-state index in [4.69, 9.17) is 0 Å². The van der Waals surface area contributed by atoms with Gasteiger partial charge < -0.3 is 5.32 Å². The van der Waals surface area contributed by atoms with E-state index in [2.05, 4.69) is 42.0 Å². The second kappa shape index (κ2) is 5.41. The fourth-order valence-corrected chi connectivity index (χ4v) is 4.31. The largest absolute Gasteiger partial charge is 0.316 e. The molecule has 18 heavy (non-hydrogen) atoms. The van der Waals surface area contributed by atoms with Crippen LogP contribution in [-0.4, -0.2) is 13.1 Å². The maximum Gasteiger partial charge on any atom is 0.0378 e. The molecule has 0 bridgehead atoms. The van der Waals surface area contributed by atoms with E-state index >= 15 is 0 Å². The van der Waals surface area contributed by atoms with Crippen LogP contribution in [0.25, 0.3) is 10.1 Å². The molecule has 1 N–H and O–H groups in total. The molecule has 2 unspecified atom stereocenters. The van der Waals surface area contributed by atoms with Crippen LogP contribution in [0.4, 0.5) is 0 Å². The lowest BCUT2D eigenvalue weighted by Crippen LogP contribution is -2.31. The maximum absolute atomic E-state index is 3.55. The van der Waals surface area contributed by atoms with Crippen molar-refractivity contribution in [3.05, 3.63) is 35.2 Å². The van der Waals surface area contributed by atoms with E-state index in [1.54, 1.807) is 5.56 Å². The van der Waals surface area contributed by atoms with Gasteiger partial charge in [0.15, 0.2) is 0 Å². The van der Waals surface area contributed by atoms with Crippen LogP contribution in [0.15, 0.2) is 29.6 Å². The zero-order valence-electron chi connectivity index (χ0n) is 11.0. The van der Waals surface area contributed by atoms with Crippen molar-refractivity contribution in [2.45, 2.75) is 44.1 Å². The molecular weight excluding hydrogens is 238 g/mol. The van der Waals surface area contributed by atoms with Gasteiger partial charge in [-0.05, 0) is 42.3 Å². The topological polar surface area (TPSA) is 12.0 Å². The molecule has 96 valence electrons. The highest BCUT2D eigenvalue weighted by molar-refractivity contribution is 7.17. The lowest BCUT2D eigenvalue weighted by Gasteiger charge is -2.25. The predicted molar refractivity (Wildman–Crippen MR) is 80.5 cm³/mol. The maximum atomic E-state index is 3.55. The molecule has 1 heterocycles. The summed E-state index contributed by atoms with van der Waals surface area (Å²) in [4.78, 5) is 0. The van der Waals surface area contributed by atoms with Crippen molar-refractivity contribution in [2.24, 2.45) is 0 Å². The van der Waals surface area contributed by atoms with E-state index in [0.717, 1.165) is 0 Å². The first-order chi connectivity index (χ1) is 8.90. The summed E-state index contributed by atoms with van der Waals surface area (Å²) in [7, 11) is 2.12. The third-order valence-corrected chi connectivity index (χ3v) is 5.27. The van der Waals surface area contributed by atoms with Gasteiger partial charge in [-0.25, -0.2) is 0 Å². The van der Waals surface area contributed by atoms with Crippen molar-refractivity contribution in [1.29, 1.82) is 0 Å². The fraction of sp³-hybridized carbons (Fsp3) is 0.500. The summed E-state index contributed by atoms with van der Waals surface area (Å²) in [6.45, 7) is 0. The molecule has 2 aromatic rings. The van der Waals surface area contributed by atoms with Crippen molar-refractivity contribution in [3.63, 3.8) is 0 Å². The lowest BCUT2D eigenvalue weighted by molar-refractivity contribution is 0.441. The molecule has 0 spiro atoms. The van der Waals surface area contributed by atoms with E-state index in [-0.39, 0.29) is 0 Å². The van der Waals surface area contributed by atoms with Crippen LogP contribution in [-0.2, 0) is 0 Å². The smallest absolute Gasteiger partial charge is 0.0378 e. The quantitative estimate of drug-likeness (QED) is 0.781. The van der Waals surface area contributed by atoms with E-state index in [1.165, 1.54) is 42.2 Å². The monoisotopic (exact) mass is 259 g/mol. The van der Waals surface area contributed by atoms with Gasteiger partial charge in [0.1, 0.15) is 0 Å². The van der Waals surface area contributed by atoms with Crippen molar-refractivity contribution < 1.29 is 0 Å². The van der Waals surface area contributed by atoms with Gasteiger partial charge in [0.05, 0.1) is 0 Å². The molecule has 3 rings (SSSR count). The first kappa shape index (κ1) is 12.2. The molecule has 0 amide bonds. The Kier molecular flexibility index (Phi) is 3.67. The SMILES string of the molecule is CNC1CCCCCC1c1cccc2ccsc12. The Labute approximate surface area is 113 Å². The van der Waals surface area contributed by atoms with Crippen molar-refractivity contribution in [3.8, 4) is 0 Å². The molecule has 1 aromatic heterocycles. The number of thiophene rings is 1. The zero-order valence-corrected chi connectivity index (χ0v) is 11.8. The second-order valence-electron chi connectivity index (χ2n) is 5.33. The Morgan fingerprint density at radius 3 is 2.89 bits per heavy atom. The standard InChI is InChI=1S/C16H21NS/c1-17-15-9-4-2-3-7-13(15)14-8-5-6-12-10-11-18-16(12)14/h5-6,8,10-11,13,15,17H,2-4,7,9H2,1H3. The van der Waals surface area contributed by atoms with Crippen LogP contribution in [0.2, 0.25) is 0 Å². The number of hydrogen-bond acceptors (Lipinski definition) is 2. The highest BCUT2D eigenvalue weighted by atomic mass is 32.1. The van der Waals surface area contributed by atoms with E-state index in [9.17, 15) is 0 Å². The molecule has 1 saturated carbocycles. The Morgan fingerprint density at radius 1 is 1.11 bits per heavy atom. The van der Waals surface area contributed by atoms with E-state index in [0.29, 0.717) is 12.0 Å². The number of rotatable bonds is 2. The number of likely N-dealkylation sites (N-methyl/N-ethyl adjacent to an activating group) is 1. The normalized spacial score (nSPS) is 25.2. The number of hydrogen-bond donors (Lipinski definition) is 1. The molecule has 0 radical (unpaired) electrons. The van der Waals surface area contributed by atoms with E-state index < -0.39 is 0 Å². The van der Waals surface area contributed by atoms with Gasteiger partial charge in [-0.2, -0.15) is 0 Å². The van der Waals surface area contributed by atoms with Crippen LogP contribution in [0.3, 0.4) is 0 Å². The van der Waals surface area contributed by atoms with Crippen LogP contribution < -0.4 is 5.32 Å². The molecule has 1 aliphatic rings. The number of benzene rings is 1. The van der Waals surface area contributed by atoms with Crippen molar-refractivity contribution >= 4 is 21.4 Å². The molecule has 0 aliphatic heterocycles. The Bertz CT molecular complexity index is 517. The average molecular weight is 259 g/mol. The summed E-state index contributed by atoms with van der Waals surface area (Å²) in [6.07, 6.45) is 6.81. The summed E-state index contributed by atoms with van der Waals surface area (Å²) in [5.74, 6) is 0.694. The molecule has 1 fully saturated rings. The molecular formula is C16H21NS. The fourth-order valence-electron chi connectivity index (χ4n) is 3.33. The van der Waals surface area contributed by atoms with Gasteiger partial charge >= 0.3 is 0 Å². The summed E-state index contributed by atoms with van der Waals surface area (Å²) in [5.41, 5.74) is 1.57. The highest BCUT2D eigenvalue weighted by Crippen LogP contribution is 2.37.